The van der Waals surface area contributed by atoms with Gasteiger partial charge in [0.2, 0.25) is 5.91 Å². The number of aliphatic hydroxyl groups is 1. The van der Waals surface area contributed by atoms with Gasteiger partial charge in [-0.1, -0.05) is 20.8 Å². The molecule has 2 aliphatic rings. The number of amides is 1. The van der Waals surface area contributed by atoms with Crippen molar-refractivity contribution in [3.63, 3.8) is 0 Å². The lowest BCUT2D eigenvalue weighted by Crippen LogP contribution is -2.66. The van der Waals surface area contributed by atoms with Crippen molar-refractivity contribution in [1.82, 2.24) is 5.32 Å². The van der Waals surface area contributed by atoms with Crippen LogP contribution in [0.3, 0.4) is 0 Å². The van der Waals surface area contributed by atoms with Crippen LogP contribution in [-0.4, -0.2) is 36.4 Å². The third-order valence-electron chi connectivity index (χ3n) is 4.23. The number of hydrogen-bond donors (Lipinski definition) is 2. The third-order valence-corrected chi connectivity index (χ3v) is 4.23. The summed E-state index contributed by atoms with van der Waals surface area (Å²) < 4.78 is 5.35. The molecule has 0 bridgehead atoms. The van der Waals surface area contributed by atoms with E-state index in [9.17, 15) is 9.90 Å². The Labute approximate surface area is 103 Å². The van der Waals surface area contributed by atoms with Crippen LogP contribution in [0.5, 0.6) is 0 Å². The number of nitrogens with one attached hydrogen (secondary N) is 1. The molecule has 1 aliphatic carbocycles. The molecule has 1 spiro atoms. The second kappa shape index (κ2) is 4.25. The highest BCUT2D eigenvalue weighted by Crippen LogP contribution is 2.49. The minimum Gasteiger partial charge on any atom is -0.392 e. The summed E-state index contributed by atoms with van der Waals surface area (Å²) >= 11 is 0. The second-order valence-electron chi connectivity index (χ2n) is 6.37. The van der Waals surface area contributed by atoms with Gasteiger partial charge in [0.15, 0.2) is 0 Å². The van der Waals surface area contributed by atoms with Gasteiger partial charge in [0.25, 0.3) is 0 Å². The van der Waals surface area contributed by atoms with E-state index in [2.05, 4.69) is 5.32 Å². The lowest BCUT2D eigenvalue weighted by Gasteiger charge is -2.56. The van der Waals surface area contributed by atoms with Crippen molar-refractivity contribution >= 4 is 5.91 Å². The maximum absolute atomic E-state index is 12.0. The van der Waals surface area contributed by atoms with Gasteiger partial charge >= 0.3 is 0 Å². The fourth-order valence-electron chi connectivity index (χ4n) is 2.77. The number of rotatable bonds is 1. The van der Waals surface area contributed by atoms with Crippen LogP contribution in [-0.2, 0) is 9.53 Å². The summed E-state index contributed by atoms with van der Waals surface area (Å²) in [4.78, 5) is 12.0. The molecule has 0 aromatic carbocycles. The molecule has 1 aliphatic heterocycles. The third kappa shape index (κ3) is 2.20. The molecule has 2 N–H and O–H groups in total. The Kier molecular flexibility index (Phi) is 3.21. The summed E-state index contributed by atoms with van der Waals surface area (Å²) in [5.74, 6) is 0.0697. The lowest BCUT2D eigenvalue weighted by molar-refractivity contribution is -0.159. The molecule has 2 fully saturated rings. The first kappa shape index (κ1) is 12.8. The SMILES string of the molecule is CC(C)(C)C(=O)N[C@H]1C[C@H](O)C12CCOCC2. The van der Waals surface area contributed by atoms with Crippen LogP contribution in [0.2, 0.25) is 0 Å². The Morgan fingerprint density at radius 1 is 1.35 bits per heavy atom. The normalized spacial score (nSPS) is 32.0. The molecular formula is C13H23NO3. The van der Waals surface area contributed by atoms with E-state index in [-0.39, 0.29) is 28.9 Å². The maximum atomic E-state index is 12.0. The van der Waals surface area contributed by atoms with Crippen molar-refractivity contribution in [2.24, 2.45) is 10.8 Å². The number of hydrogen-bond acceptors (Lipinski definition) is 3. The van der Waals surface area contributed by atoms with Crippen LogP contribution in [0.1, 0.15) is 40.0 Å². The fourth-order valence-corrected chi connectivity index (χ4v) is 2.77. The molecule has 1 heterocycles. The van der Waals surface area contributed by atoms with E-state index < -0.39 is 0 Å². The summed E-state index contributed by atoms with van der Waals surface area (Å²) in [7, 11) is 0. The molecule has 1 saturated carbocycles. The minimum absolute atomic E-state index is 0.0697. The molecule has 2 rings (SSSR count). The summed E-state index contributed by atoms with van der Waals surface area (Å²) in [5, 5.41) is 13.1. The van der Waals surface area contributed by atoms with Crippen molar-refractivity contribution in [2.75, 3.05) is 13.2 Å². The van der Waals surface area contributed by atoms with E-state index in [0.29, 0.717) is 19.6 Å². The summed E-state index contributed by atoms with van der Waals surface area (Å²) in [6.07, 6.45) is 2.10. The van der Waals surface area contributed by atoms with Crippen molar-refractivity contribution in [3.05, 3.63) is 0 Å². The lowest BCUT2D eigenvalue weighted by atomic mass is 9.57. The fraction of sp³-hybridized carbons (Fsp3) is 0.923. The van der Waals surface area contributed by atoms with Crippen LogP contribution in [0, 0.1) is 10.8 Å². The van der Waals surface area contributed by atoms with E-state index in [0.717, 1.165) is 12.8 Å². The molecule has 1 saturated heterocycles. The first-order chi connectivity index (χ1) is 7.86. The van der Waals surface area contributed by atoms with Gasteiger partial charge in [0.1, 0.15) is 0 Å². The Bertz CT molecular complexity index is 302. The number of carbonyl (C=O) groups excluding carboxylic acids is 1. The van der Waals surface area contributed by atoms with Crippen molar-refractivity contribution < 1.29 is 14.6 Å². The molecule has 0 radical (unpaired) electrons. The predicted octanol–water partition coefficient (Wildman–Crippen LogP) is 1.08. The van der Waals surface area contributed by atoms with Gasteiger partial charge in [-0.15, -0.1) is 0 Å². The monoisotopic (exact) mass is 241 g/mol. The number of ether oxygens (including phenoxy) is 1. The standard InChI is InChI=1S/C13H23NO3/c1-12(2,3)11(16)14-9-8-10(15)13(9)4-6-17-7-5-13/h9-10,15H,4-8H2,1-3H3,(H,14,16)/t9-,10-/m0/s1. The maximum Gasteiger partial charge on any atom is 0.225 e. The van der Waals surface area contributed by atoms with Gasteiger partial charge in [-0.25, -0.2) is 0 Å². The predicted molar refractivity (Wildman–Crippen MR) is 64.5 cm³/mol. The van der Waals surface area contributed by atoms with Crippen molar-refractivity contribution in [3.8, 4) is 0 Å². The highest BCUT2D eigenvalue weighted by atomic mass is 16.5. The van der Waals surface area contributed by atoms with Crippen LogP contribution in [0.15, 0.2) is 0 Å². The van der Waals surface area contributed by atoms with E-state index >= 15 is 0 Å². The summed E-state index contributed by atoms with van der Waals surface area (Å²) in [5.41, 5.74) is -0.494. The van der Waals surface area contributed by atoms with Crippen LogP contribution in [0.4, 0.5) is 0 Å². The molecule has 1 amide bonds. The van der Waals surface area contributed by atoms with E-state index in [1.165, 1.54) is 0 Å². The van der Waals surface area contributed by atoms with Crippen molar-refractivity contribution in [2.45, 2.75) is 52.2 Å². The molecule has 0 aromatic heterocycles. The topological polar surface area (TPSA) is 58.6 Å². The van der Waals surface area contributed by atoms with Gasteiger partial charge in [-0.2, -0.15) is 0 Å². The van der Waals surface area contributed by atoms with Gasteiger partial charge in [-0.05, 0) is 19.3 Å². The first-order valence-corrected chi connectivity index (χ1v) is 6.43. The molecule has 98 valence electrons. The van der Waals surface area contributed by atoms with Gasteiger partial charge < -0.3 is 15.2 Å². The summed E-state index contributed by atoms with van der Waals surface area (Å²) in [6.45, 7) is 7.12. The Morgan fingerprint density at radius 2 is 1.94 bits per heavy atom. The number of aliphatic hydroxyl groups excluding tert-OH is 1. The molecule has 17 heavy (non-hydrogen) atoms. The highest BCUT2D eigenvalue weighted by Gasteiger charge is 2.55. The average molecular weight is 241 g/mol. The van der Waals surface area contributed by atoms with Gasteiger partial charge in [0.05, 0.1) is 6.10 Å². The van der Waals surface area contributed by atoms with Crippen LogP contribution >= 0.6 is 0 Å². The number of carbonyl (C=O) groups is 1. The zero-order chi connectivity index (χ0) is 12.7. The molecule has 4 nitrogen and oxygen atoms in total. The average Bonchev–Trinajstić information content (AvgIpc) is 2.28. The van der Waals surface area contributed by atoms with E-state index in [1.54, 1.807) is 0 Å². The highest BCUT2D eigenvalue weighted by molar-refractivity contribution is 5.81. The molecule has 2 atom stereocenters. The van der Waals surface area contributed by atoms with Crippen molar-refractivity contribution in [1.29, 1.82) is 0 Å². The van der Waals surface area contributed by atoms with Gasteiger partial charge in [-0.3, -0.25) is 4.79 Å². The van der Waals surface area contributed by atoms with Crippen LogP contribution < -0.4 is 5.32 Å². The summed E-state index contributed by atoms with van der Waals surface area (Å²) in [6, 6.07) is 0.119. The molecule has 0 unspecified atom stereocenters. The first-order valence-electron chi connectivity index (χ1n) is 6.43. The Hall–Kier alpha value is -0.610. The second-order valence-corrected chi connectivity index (χ2v) is 6.37. The van der Waals surface area contributed by atoms with E-state index in [1.807, 2.05) is 20.8 Å². The minimum atomic E-state index is -0.368. The molecule has 0 aromatic rings. The Balaban J connectivity index is 2.00. The molecular weight excluding hydrogens is 218 g/mol. The van der Waals surface area contributed by atoms with Crippen LogP contribution in [0.25, 0.3) is 0 Å². The zero-order valence-corrected chi connectivity index (χ0v) is 11.0. The van der Waals surface area contributed by atoms with Gasteiger partial charge in [0, 0.05) is 30.1 Å². The smallest absolute Gasteiger partial charge is 0.225 e. The Morgan fingerprint density at radius 3 is 2.41 bits per heavy atom. The molecule has 4 heteroatoms. The zero-order valence-electron chi connectivity index (χ0n) is 11.0. The quantitative estimate of drug-likeness (QED) is 0.722. The van der Waals surface area contributed by atoms with E-state index in [4.69, 9.17) is 4.74 Å². The largest absolute Gasteiger partial charge is 0.392 e.